The van der Waals surface area contributed by atoms with Crippen molar-refractivity contribution in [2.45, 2.75) is 45.1 Å². The van der Waals surface area contributed by atoms with Crippen LogP contribution in [0.15, 0.2) is 0 Å². The fourth-order valence-electron chi connectivity index (χ4n) is 3.06. The fraction of sp³-hybridized carbons (Fsp3) is 0.769. The number of carbonyl (C=O) groups excluding carboxylic acids is 2. The Labute approximate surface area is 118 Å². The van der Waals surface area contributed by atoms with E-state index in [-0.39, 0.29) is 16.8 Å². The van der Waals surface area contributed by atoms with E-state index in [1.54, 1.807) is 18.7 Å². The Morgan fingerprint density at radius 2 is 1.95 bits per heavy atom. The monoisotopic (exact) mass is 283 g/mol. The van der Waals surface area contributed by atoms with Gasteiger partial charge in [-0.15, -0.1) is 0 Å². The minimum Gasteiger partial charge on any atom is -0.392 e. The number of carbonyl (C=O) groups is 2. The van der Waals surface area contributed by atoms with Gasteiger partial charge in [0.1, 0.15) is 5.54 Å². The van der Waals surface area contributed by atoms with E-state index in [4.69, 9.17) is 18.0 Å². The first-order chi connectivity index (χ1) is 8.82. The molecular weight excluding hydrogens is 262 g/mol. The maximum absolute atomic E-state index is 12.9. The third-order valence-corrected chi connectivity index (χ3v) is 4.83. The Balaban J connectivity index is 2.32. The van der Waals surface area contributed by atoms with Crippen molar-refractivity contribution in [1.29, 1.82) is 0 Å². The zero-order valence-corrected chi connectivity index (χ0v) is 12.3. The van der Waals surface area contributed by atoms with E-state index < -0.39 is 11.0 Å². The summed E-state index contributed by atoms with van der Waals surface area (Å²) in [5.74, 6) is -0.194. The third kappa shape index (κ3) is 2.12. The number of hydrogen-bond acceptors (Lipinski definition) is 3. The van der Waals surface area contributed by atoms with Gasteiger partial charge >= 0.3 is 0 Å². The molecule has 6 heteroatoms. The van der Waals surface area contributed by atoms with Gasteiger partial charge in [0.15, 0.2) is 0 Å². The Morgan fingerprint density at radius 3 is 2.47 bits per heavy atom. The normalized spacial score (nSPS) is 24.9. The first kappa shape index (κ1) is 14.2. The summed E-state index contributed by atoms with van der Waals surface area (Å²) in [6.45, 7) is 4.53. The van der Waals surface area contributed by atoms with Crippen LogP contribution in [0.1, 0.15) is 39.5 Å². The van der Waals surface area contributed by atoms with Crippen LogP contribution in [-0.2, 0) is 9.59 Å². The van der Waals surface area contributed by atoms with E-state index in [0.29, 0.717) is 25.9 Å². The van der Waals surface area contributed by atoms with Gasteiger partial charge in [0.25, 0.3) is 0 Å². The number of rotatable bonds is 2. The second-order valence-electron chi connectivity index (χ2n) is 5.93. The summed E-state index contributed by atoms with van der Waals surface area (Å²) in [4.78, 5) is 26.8. The first-order valence-electron chi connectivity index (χ1n) is 6.73. The second kappa shape index (κ2) is 4.74. The minimum atomic E-state index is -0.838. The molecule has 0 atom stereocenters. The van der Waals surface area contributed by atoms with Crippen LogP contribution in [0.4, 0.5) is 0 Å². The van der Waals surface area contributed by atoms with Gasteiger partial charge in [0, 0.05) is 13.1 Å². The highest BCUT2D eigenvalue weighted by molar-refractivity contribution is 7.80. The largest absolute Gasteiger partial charge is 0.392 e. The van der Waals surface area contributed by atoms with E-state index in [2.05, 4.69) is 5.32 Å². The van der Waals surface area contributed by atoms with E-state index in [1.807, 2.05) is 0 Å². The van der Waals surface area contributed by atoms with Crippen LogP contribution in [0.2, 0.25) is 0 Å². The zero-order chi connectivity index (χ0) is 14.3. The van der Waals surface area contributed by atoms with Crippen molar-refractivity contribution in [2.75, 3.05) is 13.1 Å². The van der Waals surface area contributed by atoms with Crippen LogP contribution >= 0.6 is 12.2 Å². The molecule has 0 unspecified atom stereocenters. The Morgan fingerprint density at radius 1 is 1.37 bits per heavy atom. The highest BCUT2D eigenvalue weighted by Crippen LogP contribution is 2.41. The number of piperazine rings is 1. The molecule has 1 aliphatic heterocycles. The summed E-state index contributed by atoms with van der Waals surface area (Å²) in [7, 11) is 0. The molecular formula is C13H21N3O2S. The van der Waals surface area contributed by atoms with Crippen LogP contribution in [0.25, 0.3) is 0 Å². The van der Waals surface area contributed by atoms with Crippen molar-refractivity contribution >= 4 is 29.0 Å². The lowest BCUT2D eigenvalue weighted by Gasteiger charge is -2.45. The Hall–Kier alpha value is -1.17. The van der Waals surface area contributed by atoms with Crippen LogP contribution in [0, 0.1) is 5.41 Å². The van der Waals surface area contributed by atoms with Crippen molar-refractivity contribution in [3.63, 3.8) is 0 Å². The van der Waals surface area contributed by atoms with Crippen molar-refractivity contribution < 1.29 is 9.59 Å². The highest BCUT2D eigenvalue weighted by Gasteiger charge is 2.51. The zero-order valence-electron chi connectivity index (χ0n) is 11.5. The summed E-state index contributed by atoms with van der Waals surface area (Å²) in [6.07, 6.45) is 3.33. The molecule has 1 saturated carbocycles. The lowest BCUT2D eigenvalue weighted by atomic mass is 9.82. The molecule has 106 valence electrons. The standard InChI is InChI=1S/C13H21N3O2S/c1-12(2)10(17)15-7-8-16(12)11(18)13(9(14)19)5-3-4-6-13/h3-8H2,1-2H3,(H2,14,19)(H,15,17). The predicted molar refractivity (Wildman–Crippen MR) is 76.5 cm³/mol. The Kier molecular flexibility index (Phi) is 3.55. The van der Waals surface area contributed by atoms with Gasteiger partial charge in [-0.1, -0.05) is 25.1 Å². The van der Waals surface area contributed by atoms with Crippen LogP contribution in [-0.4, -0.2) is 40.3 Å². The molecule has 0 spiro atoms. The average molecular weight is 283 g/mol. The maximum atomic E-state index is 12.9. The number of amides is 2. The first-order valence-corrected chi connectivity index (χ1v) is 7.13. The molecule has 19 heavy (non-hydrogen) atoms. The van der Waals surface area contributed by atoms with Crippen molar-refractivity contribution in [3.8, 4) is 0 Å². The molecule has 3 N–H and O–H groups in total. The van der Waals surface area contributed by atoms with Gasteiger partial charge in [-0.05, 0) is 26.7 Å². The average Bonchev–Trinajstić information content (AvgIpc) is 2.82. The summed E-state index contributed by atoms with van der Waals surface area (Å²) < 4.78 is 0. The van der Waals surface area contributed by atoms with E-state index in [0.717, 1.165) is 12.8 Å². The molecule has 1 aliphatic carbocycles. The topological polar surface area (TPSA) is 75.4 Å². The van der Waals surface area contributed by atoms with Gasteiger partial charge in [-0.2, -0.15) is 0 Å². The number of nitrogens with one attached hydrogen (secondary N) is 1. The molecule has 0 aromatic rings. The maximum Gasteiger partial charge on any atom is 0.245 e. The minimum absolute atomic E-state index is 0.0719. The summed E-state index contributed by atoms with van der Waals surface area (Å²) in [5, 5.41) is 2.79. The summed E-state index contributed by atoms with van der Waals surface area (Å²) >= 11 is 5.15. The van der Waals surface area contributed by atoms with E-state index in [1.165, 1.54) is 0 Å². The molecule has 2 aliphatic rings. The highest BCUT2D eigenvalue weighted by atomic mass is 32.1. The molecule has 0 aromatic carbocycles. The quantitative estimate of drug-likeness (QED) is 0.727. The van der Waals surface area contributed by atoms with Crippen molar-refractivity contribution in [1.82, 2.24) is 10.2 Å². The van der Waals surface area contributed by atoms with Crippen LogP contribution in [0.3, 0.4) is 0 Å². The second-order valence-corrected chi connectivity index (χ2v) is 6.36. The molecule has 2 fully saturated rings. The molecule has 0 bridgehead atoms. The number of nitrogens with two attached hydrogens (primary N) is 1. The van der Waals surface area contributed by atoms with Gasteiger partial charge < -0.3 is 16.0 Å². The third-order valence-electron chi connectivity index (χ3n) is 4.43. The smallest absolute Gasteiger partial charge is 0.245 e. The predicted octanol–water partition coefficient (Wildman–Crippen LogP) is 0.570. The molecule has 1 heterocycles. The molecule has 0 aromatic heterocycles. The van der Waals surface area contributed by atoms with E-state index >= 15 is 0 Å². The van der Waals surface area contributed by atoms with E-state index in [9.17, 15) is 9.59 Å². The van der Waals surface area contributed by atoms with Crippen molar-refractivity contribution in [2.24, 2.45) is 11.1 Å². The van der Waals surface area contributed by atoms with Gasteiger partial charge in [0.2, 0.25) is 11.8 Å². The SMILES string of the molecule is CC1(C)C(=O)NCCN1C(=O)C1(C(N)=S)CCCC1. The molecule has 2 amide bonds. The van der Waals surface area contributed by atoms with Gasteiger partial charge in [0.05, 0.1) is 10.4 Å². The van der Waals surface area contributed by atoms with Crippen molar-refractivity contribution in [3.05, 3.63) is 0 Å². The fourth-order valence-corrected chi connectivity index (χ4v) is 3.35. The number of hydrogen-bond donors (Lipinski definition) is 2. The lowest BCUT2D eigenvalue weighted by molar-refractivity contribution is -0.153. The molecule has 0 radical (unpaired) electrons. The Bertz CT molecular complexity index is 428. The lowest BCUT2D eigenvalue weighted by Crippen LogP contribution is -2.66. The molecule has 1 saturated heterocycles. The summed E-state index contributed by atoms with van der Waals surface area (Å²) in [5.41, 5.74) is 4.28. The molecule has 5 nitrogen and oxygen atoms in total. The van der Waals surface area contributed by atoms with Gasteiger partial charge in [-0.25, -0.2) is 0 Å². The van der Waals surface area contributed by atoms with Gasteiger partial charge in [-0.3, -0.25) is 9.59 Å². The number of nitrogens with zero attached hydrogens (tertiary/aromatic N) is 1. The summed E-state index contributed by atoms with van der Waals surface area (Å²) in [6, 6.07) is 0. The van der Waals surface area contributed by atoms with Crippen LogP contribution in [0.5, 0.6) is 0 Å². The number of thiocarbonyl (C=S) groups is 1. The van der Waals surface area contributed by atoms with Crippen LogP contribution < -0.4 is 11.1 Å². The molecule has 2 rings (SSSR count).